The van der Waals surface area contributed by atoms with E-state index >= 15 is 0 Å². The van der Waals surface area contributed by atoms with E-state index < -0.39 is 11.6 Å². The molecule has 1 aromatic carbocycles. The summed E-state index contributed by atoms with van der Waals surface area (Å²) in [6.45, 7) is 11.4. The molecule has 1 rings (SSSR count). The van der Waals surface area contributed by atoms with Gasteiger partial charge in [0.25, 0.3) is 0 Å². The minimum absolute atomic E-state index is 0.00928. The Kier molecular flexibility index (Phi) is 4.27. The number of benzene rings is 1. The van der Waals surface area contributed by atoms with Crippen molar-refractivity contribution in [2.45, 2.75) is 52.6 Å². The van der Waals surface area contributed by atoms with Crippen LogP contribution in [0.25, 0.3) is 0 Å². The van der Waals surface area contributed by atoms with Gasteiger partial charge >= 0.3 is 5.97 Å². The molecule has 0 fully saturated rings. The molecule has 0 bridgehead atoms. The van der Waals surface area contributed by atoms with Crippen molar-refractivity contribution < 1.29 is 19.4 Å². The van der Waals surface area contributed by atoms with Crippen LogP contribution in [-0.2, 0) is 5.41 Å². The third-order valence-electron chi connectivity index (χ3n) is 2.76. The van der Waals surface area contributed by atoms with Crippen molar-refractivity contribution in [2.75, 3.05) is 0 Å². The van der Waals surface area contributed by atoms with Crippen LogP contribution in [0, 0.1) is 0 Å². The number of ether oxygens (including phenoxy) is 1. The van der Waals surface area contributed by atoms with Crippen molar-refractivity contribution in [1.82, 2.24) is 0 Å². The third kappa shape index (κ3) is 3.59. The van der Waals surface area contributed by atoms with E-state index in [2.05, 4.69) is 0 Å². The molecule has 0 spiro atoms. The number of carboxylic acids is 1. The molecule has 1 aromatic rings. The molecule has 0 aliphatic heterocycles. The Morgan fingerprint density at radius 1 is 1.15 bits per heavy atom. The van der Waals surface area contributed by atoms with Crippen molar-refractivity contribution in [3.63, 3.8) is 0 Å². The molecule has 0 aliphatic rings. The highest BCUT2D eigenvalue weighted by Gasteiger charge is 2.27. The Morgan fingerprint density at radius 3 is 2.05 bits per heavy atom. The lowest BCUT2D eigenvalue weighted by Gasteiger charge is -2.27. The van der Waals surface area contributed by atoms with Gasteiger partial charge < -0.3 is 9.84 Å². The molecule has 0 saturated heterocycles. The summed E-state index contributed by atoms with van der Waals surface area (Å²) in [5, 5.41) is 9.28. The molecular formula is C16H22O4. The first-order chi connectivity index (χ1) is 8.97. The quantitative estimate of drug-likeness (QED) is 0.857. The van der Waals surface area contributed by atoms with Gasteiger partial charge in [-0.15, -0.1) is 0 Å². The summed E-state index contributed by atoms with van der Waals surface area (Å²) < 4.78 is 5.74. The molecule has 0 aromatic heterocycles. The lowest BCUT2D eigenvalue weighted by Crippen LogP contribution is -2.26. The monoisotopic (exact) mass is 278 g/mol. The minimum Gasteiger partial charge on any atom is -0.486 e. The molecule has 110 valence electrons. The molecule has 0 heterocycles. The van der Waals surface area contributed by atoms with E-state index in [1.807, 2.05) is 41.5 Å². The first-order valence-corrected chi connectivity index (χ1v) is 6.52. The van der Waals surface area contributed by atoms with Crippen LogP contribution >= 0.6 is 0 Å². The standard InChI is InChI=1S/C16H22O4/c1-15(2,3)12-8-7-10(14(18)19)13(11(12)9-17)20-16(4,5)6/h7-9H,1-6H3,(H,18,19). The number of carbonyl (C=O) groups is 2. The molecule has 0 radical (unpaired) electrons. The smallest absolute Gasteiger partial charge is 0.339 e. The van der Waals surface area contributed by atoms with Crippen molar-refractivity contribution in [3.05, 3.63) is 28.8 Å². The van der Waals surface area contributed by atoms with Gasteiger partial charge in [0.15, 0.2) is 6.29 Å². The average molecular weight is 278 g/mol. The summed E-state index contributed by atoms with van der Waals surface area (Å²) in [5.74, 6) is -0.958. The van der Waals surface area contributed by atoms with Crippen LogP contribution in [0.2, 0.25) is 0 Å². The first kappa shape index (κ1) is 16.2. The highest BCUT2D eigenvalue weighted by atomic mass is 16.5. The maximum absolute atomic E-state index is 11.5. The van der Waals surface area contributed by atoms with E-state index in [0.717, 1.165) is 5.56 Å². The zero-order chi connectivity index (χ0) is 15.7. The molecule has 0 aliphatic carbocycles. The lowest BCUT2D eigenvalue weighted by molar-refractivity contribution is 0.0680. The van der Waals surface area contributed by atoms with E-state index in [4.69, 9.17) is 4.74 Å². The molecule has 0 unspecified atom stereocenters. The van der Waals surface area contributed by atoms with E-state index in [-0.39, 0.29) is 16.7 Å². The second kappa shape index (κ2) is 5.27. The molecule has 0 saturated carbocycles. The predicted octanol–water partition coefficient (Wildman–Crippen LogP) is 3.67. The van der Waals surface area contributed by atoms with Gasteiger partial charge in [0.1, 0.15) is 16.9 Å². The fraction of sp³-hybridized carbons (Fsp3) is 0.500. The maximum Gasteiger partial charge on any atom is 0.339 e. The van der Waals surface area contributed by atoms with E-state index in [1.54, 1.807) is 6.07 Å². The van der Waals surface area contributed by atoms with Gasteiger partial charge in [-0.3, -0.25) is 4.79 Å². The van der Waals surface area contributed by atoms with Gasteiger partial charge in [-0.25, -0.2) is 4.79 Å². The second-order valence-corrected chi connectivity index (χ2v) is 6.79. The molecule has 20 heavy (non-hydrogen) atoms. The minimum atomic E-state index is -1.10. The number of hydrogen-bond acceptors (Lipinski definition) is 3. The number of aldehydes is 1. The first-order valence-electron chi connectivity index (χ1n) is 6.52. The van der Waals surface area contributed by atoms with Crippen LogP contribution < -0.4 is 4.74 Å². The number of carbonyl (C=O) groups excluding carboxylic acids is 1. The summed E-state index contributed by atoms with van der Waals surface area (Å²) in [5.41, 5.74) is 0.237. The van der Waals surface area contributed by atoms with Crippen LogP contribution in [0.1, 0.15) is 67.8 Å². The Bertz CT molecular complexity index is 531. The summed E-state index contributed by atoms with van der Waals surface area (Å²) in [4.78, 5) is 22.8. The molecule has 4 nitrogen and oxygen atoms in total. The average Bonchev–Trinajstić information content (AvgIpc) is 2.24. The fourth-order valence-corrected chi connectivity index (χ4v) is 1.96. The van der Waals surface area contributed by atoms with Crippen molar-refractivity contribution >= 4 is 12.3 Å². The zero-order valence-corrected chi connectivity index (χ0v) is 12.9. The second-order valence-electron chi connectivity index (χ2n) is 6.79. The third-order valence-corrected chi connectivity index (χ3v) is 2.76. The van der Waals surface area contributed by atoms with Crippen LogP contribution in [0.15, 0.2) is 12.1 Å². The summed E-state index contributed by atoms with van der Waals surface area (Å²) in [6.07, 6.45) is 0.675. The van der Waals surface area contributed by atoms with Crippen LogP contribution in [0.5, 0.6) is 5.75 Å². The summed E-state index contributed by atoms with van der Waals surface area (Å²) >= 11 is 0. The highest BCUT2D eigenvalue weighted by molar-refractivity contribution is 5.96. The largest absolute Gasteiger partial charge is 0.486 e. The Labute approximate surface area is 119 Å². The highest BCUT2D eigenvalue weighted by Crippen LogP contribution is 2.35. The molecule has 1 N–H and O–H groups in total. The number of carboxylic acid groups (broad SMARTS) is 1. The van der Waals surface area contributed by atoms with Gasteiger partial charge in [0.2, 0.25) is 0 Å². The van der Waals surface area contributed by atoms with Crippen LogP contribution in [0.4, 0.5) is 0 Å². The van der Waals surface area contributed by atoms with Gasteiger partial charge in [-0.1, -0.05) is 26.8 Å². The van der Waals surface area contributed by atoms with Crippen molar-refractivity contribution in [1.29, 1.82) is 0 Å². The number of hydrogen-bond donors (Lipinski definition) is 1. The maximum atomic E-state index is 11.5. The van der Waals surface area contributed by atoms with E-state index in [0.29, 0.717) is 11.8 Å². The normalized spacial score (nSPS) is 12.1. The fourth-order valence-electron chi connectivity index (χ4n) is 1.96. The van der Waals surface area contributed by atoms with Crippen LogP contribution in [-0.4, -0.2) is 23.0 Å². The molecule has 0 atom stereocenters. The number of aromatic carboxylic acids is 1. The van der Waals surface area contributed by atoms with Gasteiger partial charge in [-0.2, -0.15) is 0 Å². The van der Waals surface area contributed by atoms with Crippen LogP contribution in [0.3, 0.4) is 0 Å². The Hall–Kier alpha value is -1.84. The Morgan fingerprint density at radius 2 is 1.70 bits per heavy atom. The summed E-state index contributed by atoms with van der Waals surface area (Å²) in [7, 11) is 0. The predicted molar refractivity (Wildman–Crippen MR) is 77.9 cm³/mol. The van der Waals surface area contributed by atoms with Gasteiger partial charge in [0, 0.05) is 0 Å². The van der Waals surface area contributed by atoms with Crippen molar-refractivity contribution in [3.8, 4) is 5.75 Å². The molecule has 0 amide bonds. The van der Waals surface area contributed by atoms with E-state index in [1.165, 1.54) is 6.07 Å². The number of rotatable bonds is 3. The van der Waals surface area contributed by atoms with Crippen molar-refractivity contribution in [2.24, 2.45) is 0 Å². The lowest BCUT2D eigenvalue weighted by atomic mass is 9.83. The van der Waals surface area contributed by atoms with E-state index in [9.17, 15) is 14.7 Å². The molecule has 4 heteroatoms. The zero-order valence-electron chi connectivity index (χ0n) is 12.9. The summed E-state index contributed by atoms with van der Waals surface area (Å²) in [6, 6.07) is 3.18. The topological polar surface area (TPSA) is 63.6 Å². The molecular weight excluding hydrogens is 256 g/mol. The SMILES string of the molecule is CC(C)(C)Oc1c(C(=O)O)ccc(C(C)(C)C)c1C=O. The van der Waals surface area contributed by atoms with Gasteiger partial charge in [-0.05, 0) is 37.8 Å². The Balaban J connectivity index is 3.63. The van der Waals surface area contributed by atoms with Gasteiger partial charge in [0.05, 0.1) is 5.56 Å².